The predicted octanol–water partition coefficient (Wildman–Crippen LogP) is 3.20. The molecular weight excluding hydrogens is 294 g/mol. The van der Waals surface area contributed by atoms with Crippen molar-refractivity contribution in [3.05, 3.63) is 29.8 Å². The quantitative estimate of drug-likeness (QED) is 0.849. The molecule has 1 aromatic carbocycles. The summed E-state index contributed by atoms with van der Waals surface area (Å²) >= 11 is 0. The zero-order valence-corrected chi connectivity index (χ0v) is 9.83. The summed E-state index contributed by atoms with van der Waals surface area (Å²) in [6.07, 6.45) is -11.2. The number of aliphatic hydroxyl groups is 1. The number of rotatable bonds is 5. The smallest absolute Gasteiger partial charge is 0.405 e. The van der Waals surface area contributed by atoms with Crippen molar-refractivity contribution in [2.75, 3.05) is 13.2 Å². The van der Waals surface area contributed by atoms with Crippen molar-refractivity contribution in [2.24, 2.45) is 0 Å². The first-order valence-electron chi connectivity index (χ1n) is 5.26. The van der Waals surface area contributed by atoms with E-state index in [-0.39, 0.29) is 5.56 Å². The van der Waals surface area contributed by atoms with E-state index < -0.39 is 37.6 Å². The minimum Gasteiger partial charge on any atom is -0.405 e. The Morgan fingerprint density at radius 3 is 2.20 bits per heavy atom. The minimum atomic E-state index is -4.97. The standard InChI is InChI=1S/C11H10F6O3/c12-10(13,14)6-19-5-8(18)7-3-1-2-4-9(7)20-11(15,16)17/h1-4,8,18H,5-6H2. The van der Waals surface area contributed by atoms with Crippen molar-refractivity contribution in [1.29, 1.82) is 0 Å². The molecule has 20 heavy (non-hydrogen) atoms. The molecule has 1 N–H and O–H groups in total. The van der Waals surface area contributed by atoms with Crippen LogP contribution >= 0.6 is 0 Å². The third-order valence-corrected chi connectivity index (χ3v) is 2.05. The second-order valence-corrected chi connectivity index (χ2v) is 3.73. The van der Waals surface area contributed by atoms with Gasteiger partial charge in [-0.25, -0.2) is 0 Å². The van der Waals surface area contributed by atoms with Gasteiger partial charge in [0.1, 0.15) is 18.5 Å². The highest BCUT2D eigenvalue weighted by Gasteiger charge is 2.33. The van der Waals surface area contributed by atoms with Crippen molar-refractivity contribution in [2.45, 2.75) is 18.6 Å². The van der Waals surface area contributed by atoms with Crippen LogP contribution in [-0.2, 0) is 4.74 Å². The lowest BCUT2D eigenvalue weighted by atomic mass is 10.1. The van der Waals surface area contributed by atoms with Gasteiger partial charge in [-0.1, -0.05) is 18.2 Å². The molecule has 9 heteroatoms. The number of hydrogen-bond donors (Lipinski definition) is 1. The summed E-state index contributed by atoms with van der Waals surface area (Å²) in [7, 11) is 0. The van der Waals surface area contributed by atoms with Crippen LogP contribution in [0.15, 0.2) is 24.3 Å². The molecule has 0 aliphatic heterocycles. The third-order valence-electron chi connectivity index (χ3n) is 2.05. The van der Waals surface area contributed by atoms with E-state index in [1.54, 1.807) is 0 Å². The molecular formula is C11H10F6O3. The lowest BCUT2D eigenvalue weighted by Crippen LogP contribution is -2.21. The van der Waals surface area contributed by atoms with Gasteiger partial charge in [0.2, 0.25) is 0 Å². The minimum absolute atomic E-state index is 0.313. The summed E-state index contributed by atoms with van der Waals surface area (Å²) in [5.41, 5.74) is -0.313. The van der Waals surface area contributed by atoms with E-state index in [1.165, 1.54) is 12.1 Å². The summed E-state index contributed by atoms with van der Waals surface area (Å²) in [6.45, 7) is -2.41. The van der Waals surface area contributed by atoms with Crippen molar-refractivity contribution in [3.63, 3.8) is 0 Å². The van der Waals surface area contributed by atoms with Crippen molar-refractivity contribution < 1.29 is 40.9 Å². The van der Waals surface area contributed by atoms with Gasteiger partial charge in [0.15, 0.2) is 0 Å². The molecule has 0 fully saturated rings. The Bertz CT molecular complexity index is 429. The van der Waals surface area contributed by atoms with Crippen molar-refractivity contribution >= 4 is 0 Å². The number of para-hydroxylation sites is 1. The van der Waals surface area contributed by atoms with E-state index in [0.717, 1.165) is 12.1 Å². The van der Waals surface area contributed by atoms with Crippen LogP contribution in [0.25, 0.3) is 0 Å². The van der Waals surface area contributed by atoms with Gasteiger partial charge in [-0.05, 0) is 6.07 Å². The largest absolute Gasteiger partial charge is 0.573 e. The number of benzene rings is 1. The van der Waals surface area contributed by atoms with Crippen LogP contribution in [0.3, 0.4) is 0 Å². The van der Waals surface area contributed by atoms with Gasteiger partial charge in [-0.15, -0.1) is 13.2 Å². The Labute approximate surface area is 109 Å². The van der Waals surface area contributed by atoms with Gasteiger partial charge < -0.3 is 14.6 Å². The lowest BCUT2D eigenvalue weighted by Gasteiger charge is -2.17. The summed E-state index contributed by atoms with van der Waals surface area (Å²) in [5, 5.41) is 9.56. The topological polar surface area (TPSA) is 38.7 Å². The number of hydrogen-bond acceptors (Lipinski definition) is 3. The van der Waals surface area contributed by atoms with Crippen LogP contribution in [-0.4, -0.2) is 30.9 Å². The van der Waals surface area contributed by atoms with E-state index >= 15 is 0 Å². The van der Waals surface area contributed by atoms with Gasteiger partial charge in [0.25, 0.3) is 0 Å². The molecule has 1 aromatic rings. The highest BCUT2D eigenvalue weighted by Crippen LogP contribution is 2.30. The van der Waals surface area contributed by atoms with Crippen molar-refractivity contribution in [3.8, 4) is 5.75 Å². The molecule has 0 heterocycles. The fourth-order valence-electron chi connectivity index (χ4n) is 1.35. The summed E-state index contributed by atoms with van der Waals surface area (Å²) in [4.78, 5) is 0. The molecule has 1 unspecified atom stereocenters. The van der Waals surface area contributed by atoms with E-state index in [0.29, 0.717) is 0 Å². The molecule has 1 atom stereocenters. The van der Waals surface area contributed by atoms with E-state index in [9.17, 15) is 31.4 Å². The molecule has 0 aromatic heterocycles. The molecule has 0 bridgehead atoms. The first-order valence-corrected chi connectivity index (χ1v) is 5.26. The molecule has 3 nitrogen and oxygen atoms in total. The number of alkyl halides is 6. The normalized spacial score (nSPS) is 14.2. The number of ether oxygens (including phenoxy) is 2. The van der Waals surface area contributed by atoms with Gasteiger partial charge in [-0.2, -0.15) is 13.2 Å². The third kappa shape index (κ3) is 6.11. The van der Waals surface area contributed by atoms with Crippen LogP contribution in [0, 0.1) is 0 Å². The zero-order valence-electron chi connectivity index (χ0n) is 9.83. The summed E-state index contributed by atoms with van der Waals surface area (Å²) in [5.74, 6) is -0.692. The first kappa shape index (κ1) is 16.6. The molecule has 114 valence electrons. The maximum absolute atomic E-state index is 12.1. The average Bonchev–Trinajstić information content (AvgIpc) is 2.25. The zero-order chi connectivity index (χ0) is 15.4. The molecule has 0 amide bonds. The highest BCUT2D eigenvalue weighted by molar-refractivity contribution is 5.35. The van der Waals surface area contributed by atoms with Gasteiger partial charge >= 0.3 is 12.5 Å². The average molecular weight is 304 g/mol. The Morgan fingerprint density at radius 2 is 1.65 bits per heavy atom. The summed E-state index contributed by atoms with van der Waals surface area (Å²) in [6, 6.07) is 4.58. The molecule has 1 rings (SSSR count). The molecule has 0 spiro atoms. The van der Waals surface area contributed by atoms with E-state index in [1.807, 2.05) is 0 Å². The van der Waals surface area contributed by atoms with Crippen LogP contribution in [0.5, 0.6) is 5.75 Å². The van der Waals surface area contributed by atoms with Crippen LogP contribution in [0.2, 0.25) is 0 Å². The Balaban J connectivity index is 2.70. The first-order chi connectivity index (χ1) is 9.08. The van der Waals surface area contributed by atoms with Gasteiger partial charge in [0.05, 0.1) is 6.61 Å². The Hall–Kier alpha value is -1.48. The fraction of sp³-hybridized carbons (Fsp3) is 0.455. The molecule has 0 saturated heterocycles. The number of aliphatic hydroxyl groups excluding tert-OH is 1. The van der Waals surface area contributed by atoms with E-state index in [2.05, 4.69) is 9.47 Å². The van der Waals surface area contributed by atoms with Crippen molar-refractivity contribution in [1.82, 2.24) is 0 Å². The second-order valence-electron chi connectivity index (χ2n) is 3.73. The Kier molecular flexibility index (Phi) is 5.23. The van der Waals surface area contributed by atoms with E-state index in [4.69, 9.17) is 0 Å². The maximum Gasteiger partial charge on any atom is 0.573 e. The van der Waals surface area contributed by atoms with Crippen LogP contribution in [0.4, 0.5) is 26.3 Å². The predicted molar refractivity (Wildman–Crippen MR) is 55.0 cm³/mol. The van der Waals surface area contributed by atoms with Crippen LogP contribution < -0.4 is 4.74 Å². The Morgan fingerprint density at radius 1 is 1.05 bits per heavy atom. The summed E-state index contributed by atoms with van der Waals surface area (Å²) < 4.78 is 79.7. The maximum atomic E-state index is 12.1. The van der Waals surface area contributed by atoms with Gasteiger partial charge in [-0.3, -0.25) is 0 Å². The molecule has 0 radical (unpaired) electrons. The molecule has 0 saturated carbocycles. The van der Waals surface area contributed by atoms with Gasteiger partial charge in [0, 0.05) is 5.56 Å². The highest BCUT2D eigenvalue weighted by atomic mass is 19.4. The molecule has 0 aliphatic carbocycles. The molecule has 0 aliphatic rings. The lowest BCUT2D eigenvalue weighted by molar-refractivity contribution is -0.275. The number of halogens is 6. The van der Waals surface area contributed by atoms with Crippen LogP contribution in [0.1, 0.15) is 11.7 Å². The SMILES string of the molecule is OC(COCC(F)(F)F)c1ccccc1OC(F)(F)F. The second kappa shape index (κ2) is 6.31. The monoisotopic (exact) mass is 304 g/mol. The fourth-order valence-corrected chi connectivity index (χ4v) is 1.35.